The van der Waals surface area contributed by atoms with Crippen LogP contribution in [0.15, 0.2) is 17.5 Å². The minimum Gasteiger partial charge on any atom is -0.374 e. The quantitative estimate of drug-likeness (QED) is 0.867. The van der Waals surface area contributed by atoms with Crippen molar-refractivity contribution in [3.63, 3.8) is 0 Å². The van der Waals surface area contributed by atoms with Gasteiger partial charge in [-0.25, -0.2) is 0 Å². The Balaban J connectivity index is 1.84. The number of ether oxygens (including phenoxy) is 1. The lowest BCUT2D eigenvalue weighted by molar-refractivity contribution is 0.00417. The largest absolute Gasteiger partial charge is 0.374 e. The van der Waals surface area contributed by atoms with E-state index >= 15 is 0 Å². The molecule has 2 rings (SSSR count). The molecule has 0 aliphatic carbocycles. The average Bonchev–Trinajstić information content (AvgIpc) is 2.83. The zero-order valence-electron chi connectivity index (χ0n) is 9.98. The van der Waals surface area contributed by atoms with Gasteiger partial charge in [0.25, 0.3) is 0 Å². The summed E-state index contributed by atoms with van der Waals surface area (Å²) in [6.45, 7) is 6.04. The van der Waals surface area contributed by atoms with Crippen molar-refractivity contribution >= 4 is 11.3 Å². The van der Waals surface area contributed by atoms with E-state index in [1.54, 1.807) is 0 Å². The second kappa shape index (κ2) is 5.77. The fraction of sp³-hybridized carbons (Fsp3) is 0.667. The third kappa shape index (κ3) is 3.04. The first kappa shape index (κ1) is 12.0. The van der Waals surface area contributed by atoms with Crippen LogP contribution in [-0.2, 0) is 4.74 Å². The van der Waals surface area contributed by atoms with Crippen molar-refractivity contribution in [2.45, 2.75) is 19.1 Å². The van der Waals surface area contributed by atoms with Gasteiger partial charge in [0.1, 0.15) is 0 Å². The van der Waals surface area contributed by atoms with Gasteiger partial charge in [0.15, 0.2) is 0 Å². The molecule has 1 aromatic heterocycles. The van der Waals surface area contributed by atoms with Gasteiger partial charge in [0.05, 0.1) is 12.7 Å². The van der Waals surface area contributed by atoms with E-state index in [4.69, 9.17) is 4.74 Å². The molecule has 1 saturated heterocycles. The molecule has 0 radical (unpaired) electrons. The van der Waals surface area contributed by atoms with E-state index in [1.165, 1.54) is 4.88 Å². The smallest absolute Gasteiger partial charge is 0.0826 e. The highest BCUT2D eigenvalue weighted by Crippen LogP contribution is 2.23. The van der Waals surface area contributed by atoms with E-state index in [0.29, 0.717) is 12.1 Å². The van der Waals surface area contributed by atoms with E-state index in [1.807, 2.05) is 11.3 Å². The van der Waals surface area contributed by atoms with Crippen molar-refractivity contribution in [3.8, 4) is 0 Å². The number of hydrogen-bond donors (Lipinski definition) is 1. The number of rotatable bonds is 4. The summed E-state index contributed by atoms with van der Waals surface area (Å²) in [6, 6.07) is 4.79. The fourth-order valence-corrected chi connectivity index (χ4v) is 2.81. The van der Waals surface area contributed by atoms with Crippen LogP contribution >= 0.6 is 11.3 Å². The van der Waals surface area contributed by atoms with Gasteiger partial charge in [-0.3, -0.25) is 4.90 Å². The van der Waals surface area contributed by atoms with Gasteiger partial charge < -0.3 is 10.1 Å². The van der Waals surface area contributed by atoms with Crippen LogP contribution in [-0.4, -0.2) is 44.3 Å². The van der Waals surface area contributed by atoms with Gasteiger partial charge >= 0.3 is 0 Å². The maximum absolute atomic E-state index is 5.72. The Labute approximate surface area is 101 Å². The topological polar surface area (TPSA) is 24.5 Å². The molecule has 3 nitrogen and oxygen atoms in total. The summed E-state index contributed by atoms with van der Waals surface area (Å²) < 4.78 is 5.72. The summed E-state index contributed by atoms with van der Waals surface area (Å²) in [5.41, 5.74) is 0. The van der Waals surface area contributed by atoms with Crippen molar-refractivity contribution in [2.24, 2.45) is 0 Å². The van der Waals surface area contributed by atoms with E-state index in [2.05, 4.69) is 41.7 Å². The lowest BCUT2D eigenvalue weighted by Crippen LogP contribution is -2.44. The number of morpholine rings is 1. The molecule has 2 unspecified atom stereocenters. The predicted molar refractivity (Wildman–Crippen MR) is 68.0 cm³/mol. The Morgan fingerprint density at radius 3 is 3.19 bits per heavy atom. The molecule has 90 valence electrons. The second-order valence-corrected chi connectivity index (χ2v) is 5.31. The van der Waals surface area contributed by atoms with Crippen LogP contribution in [0.3, 0.4) is 0 Å². The van der Waals surface area contributed by atoms with Crippen molar-refractivity contribution in [1.29, 1.82) is 0 Å². The molecule has 0 saturated carbocycles. The number of thiophene rings is 1. The van der Waals surface area contributed by atoms with Crippen LogP contribution in [0.25, 0.3) is 0 Å². The third-order valence-corrected chi connectivity index (χ3v) is 4.15. The molecule has 0 spiro atoms. The molecule has 1 aliphatic rings. The first-order valence-electron chi connectivity index (χ1n) is 5.83. The Kier molecular flexibility index (Phi) is 4.35. The zero-order valence-corrected chi connectivity index (χ0v) is 10.8. The minimum atomic E-state index is 0.334. The highest BCUT2D eigenvalue weighted by Gasteiger charge is 2.19. The lowest BCUT2D eigenvalue weighted by Gasteiger charge is -2.31. The van der Waals surface area contributed by atoms with Crippen molar-refractivity contribution in [1.82, 2.24) is 10.2 Å². The summed E-state index contributed by atoms with van der Waals surface area (Å²) in [5, 5.41) is 5.50. The Bertz CT molecular complexity index is 296. The molecular weight excluding hydrogens is 220 g/mol. The van der Waals surface area contributed by atoms with Crippen LogP contribution < -0.4 is 5.32 Å². The molecule has 2 heterocycles. The standard InChI is InChI=1S/C12H20N2OS/c1-10(12-4-3-7-16-12)14(2)9-11-8-13-5-6-15-11/h3-4,7,10-11,13H,5-6,8-9H2,1-2H3. The van der Waals surface area contributed by atoms with Crippen LogP contribution in [0.4, 0.5) is 0 Å². The Morgan fingerprint density at radius 2 is 2.56 bits per heavy atom. The van der Waals surface area contributed by atoms with E-state index in [-0.39, 0.29) is 0 Å². The van der Waals surface area contributed by atoms with E-state index in [9.17, 15) is 0 Å². The minimum absolute atomic E-state index is 0.334. The van der Waals surface area contributed by atoms with Crippen molar-refractivity contribution in [2.75, 3.05) is 33.3 Å². The first-order chi connectivity index (χ1) is 7.77. The summed E-state index contributed by atoms with van der Waals surface area (Å²) in [4.78, 5) is 3.79. The molecule has 1 aromatic rings. The Morgan fingerprint density at radius 1 is 1.69 bits per heavy atom. The normalized spacial score (nSPS) is 23.6. The maximum Gasteiger partial charge on any atom is 0.0826 e. The molecule has 1 N–H and O–H groups in total. The van der Waals surface area contributed by atoms with Crippen molar-refractivity contribution in [3.05, 3.63) is 22.4 Å². The van der Waals surface area contributed by atoms with Gasteiger partial charge in [-0.2, -0.15) is 0 Å². The van der Waals surface area contributed by atoms with Gasteiger partial charge in [-0.1, -0.05) is 6.07 Å². The Hall–Kier alpha value is -0.420. The van der Waals surface area contributed by atoms with Gasteiger partial charge in [-0.05, 0) is 25.4 Å². The third-order valence-electron chi connectivity index (χ3n) is 3.11. The van der Waals surface area contributed by atoms with Crippen LogP contribution in [0.1, 0.15) is 17.8 Å². The zero-order chi connectivity index (χ0) is 11.4. The number of likely N-dealkylation sites (N-methyl/N-ethyl adjacent to an activating group) is 1. The summed E-state index contributed by atoms with van der Waals surface area (Å²) >= 11 is 1.82. The van der Waals surface area contributed by atoms with Gasteiger partial charge in [0.2, 0.25) is 0 Å². The number of hydrogen-bond acceptors (Lipinski definition) is 4. The van der Waals surface area contributed by atoms with Crippen LogP contribution in [0, 0.1) is 0 Å². The highest BCUT2D eigenvalue weighted by molar-refractivity contribution is 7.10. The molecule has 0 amide bonds. The van der Waals surface area contributed by atoms with Crippen LogP contribution in [0.5, 0.6) is 0 Å². The lowest BCUT2D eigenvalue weighted by atomic mass is 10.2. The first-order valence-corrected chi connectivity index (χ1v) is 6.71. The number of nitrogens with zero attached hydrogens (tertiary/aromatic N) is 1. The molecule has 1 aliphatic heterocycles. The SMILES string of the molecule is CC(c1cccs1)N(C)CC1CNCCO1. The molecule has 4 heteroatoms. The molecule has 1 fully saturated rings. The van der Waals surface area contributed by atoms with E-state index < -0.39 is 0 Å². The van der Waals surface area contributed by atoms with Gasteiger partial charge in [-0.15, -0.1) is 11.3 Å². The molecular formula is C12H20N2OS. The van der Waals surface area contributed by atoms with Gasteiger partial charge in [0, 0.05) is 30.6 Å². The fourth-order valence-electron chi connectivity index (χ4n) is 1.96. The predicted octanol–water partition coefficient (Wildman–Crippen LogP) is 1.73. The second-order valence-electron chi connectivity index (χ2n) is 4.33. The highest BCUT2D eigenvalue weighted by atomic mass is 32.1. The van der Waals surface area contributed by atoms with E-state index in [0.717, 1.165) is 26.2 Å². The molecule has 2 atom stereocenters. The summed E-state index contributed by atoms with van der Waals surface area (Å²) in [6.07, 6.45) is 0.334. The molecule has 16 heavy (non-hydrogen) atoms. The molecule has 0 bridgehead atoms. The maximum atomic E-state index is 5.72. The van der Waals surface area contributed by atoms with Crippen LogP contribution in [0.2, 0.25) is 0 Å². The van der Waals surface area contributed by atoms with Crippen molar-refractivity contribution < 1.29 is 4.74 Å². The summed E-state index contributed by atoms with van der Waals surface area (Å²) in [7, 11) is 2.17. The summed E-state index contributed by atoms with van der Waals surface area (Å²) in [5.74, 6) is 0. The monoisotopic (exact) mass is 240 g/mol. The average molecular weight is 240 g/mol. The number of nitrogens with one attached hydrogen (secondary N) is 1. The molecule has 0 aromatic carbocycles.